The van der Waals surface area contributed by atoms with Gasteiger partial charge in [-0.1, -0.05) is 65.3 Å². The number of carboxylic acids is 1. The Morgan fingerprint density at radius 1 is 0.981 bits per heavy atom. The van der Waals surface area contributed by atoms with E-state index in [1.165, 1.54) is 11.6 Å². The Kier molecular flexibility index (Phi) is 11.3. The number of rotatable bonds is 8. The zero-order valence-corrected chi connectivity index (χ0v) is 34.1. The van der Waals surface area contributed by atoms with E-state index in [9.17, 15) is 23.1 Å². The number of fused-ring (bicyclic) bond motifs is 4. The van der Waals surface area contributed by atoms with Crippen molar-refractivity contribution in [1.29, 1.82) is 0 Å². The third-order valence-electron chi connectivity index (χ3n) is 15.9. The largest absolute Gasteiger partial charge is 0.478 e. The summed E-state index contributed by atoms with van der Waals surface area (Å²) in [5.41, 5.74) is 2.15. The average Bonchev–Trinajstić information content (AvgIpc) is 3.47. The molecule has 4 fully saturated rings. The van der Waals surface area contributed by atoms with Crippen molar-refractivity contribution in [3.8, 4) is 0 Å². The van der Waals surface area contributed by atoms with Gasteiger partial charge in [0.05, 0.1) is 22.5 Å². The van der Waals surface area contributed by atoms with E-state index in [1.807, 2.05) is 0 Å². The maximum Gasteiger partial charge on any atom is 0.335 e. The molecular weight excluding hydrogens is 688 g/mol. The number of hydrogen-bond donors (Lipinski definition) is 2. The number of carbonyl (C=O) groups excluding carboxylic acids is 1. The summed E-state index contributed by atoms with van der Waals surface area (Å²) >= 11 is 0. The SMILES string of the molecule is C=C(C)[C@@H]1CC[C@]2(C(=O)NCCCN3CCS(=O)(=O)CC3)CC[C@@H](C)[C@]3(C)CCC4C(C)(C)C(c5ccc(C(=O)O)cc5F)=CC[C@]4(C)C3CCCC12. The molecule has 2 N–H and O–H groups in total. The van der Waals surface area contributed by atoms with E-state index in [1.54, 1.807) is 6.07 Å². The van der Waals surface area contributed by atoms with Crippen LogP contribution in [0.25, 0.3) is 5.57 Å². The van der Waals surface area contributed by atoms with Gasteiger partial charge >= 0.3 is 5.97 Å². The second kappa shape index (κ2) is 14.9. The van der Waals surface area contributed by atoms with Gasteiger partial charge in [-0.3, -0.25) is 4.79 Å². The molecule has 53 heavy (non-hydrogen) atoms. The number of nitrogens with zero attached hydrogens (tertiary/aromatic N) is 1. The van der Waals surface area contributed by atoms with Crippen LogP contribution in [0.3, 0.4) is 0 Å². The van der Waals surface area contributed by atoms with Crippen LogP contribution in [-0.4, -0.2) is 68.0 Å². The second-order valence-corrected chi connectivity index (χ2v) is 21.2. The molecular formula is C44H65FN2O5S. The molecule has 1 aromatic carbocycles. The third kappa shape index (κ3) is 7.32. The monoisotopic (exact) mass is 752 g/mol. The van der Waals surface area contributed by atoms with Crippen LogP contribution < -0.4 is 5.32 Å². The van der Waals surface area contributed by atoms with Gasteiger partial charge in [0.1, 0.15) is 5.82 Å². The van der Waals surface area contributed by atoms with Gasteiger partial charge in [-0.2, -0.15) is 0 Å². The zero-order valence-electron chi connectivity index (χ0n) is 33.2. The van der Waals surface area contributed by atoms with Crippen LogP contribution in [0.1, 0.15) is 128 Å². The van der Waals surface area contributed by atoms with Gasteiger partial charge in [-0.25, -0.2) is 17.6 Å². The molecule has 1 heterocycles. The van der Waals surface area contributed by atoms with E-state index in [4.69, 9.17) is 0 Å². The fraction of sp³-hybridized carbons (Fsp3) is 0.727. The van der Waals surface area contributed by atoms with Crippen molar-refractivity contribution in [2.45, 2.75) is 112 Å². The fourth-order valence-electron chi connectivity index (χ4n) is 12.7. The van der Waals surface area contributed by atoms with Gasteiger partial charge < -0.3 is 15.3 Å². The Labute approximate surface area is 318 Å². The van der Waals surface area contributed by atoms with E-state index in [0.29, 0.717) is 48.9 Å². The standard InChI is InChI=1S/C44H65FN2O5S/c1-29(2)32-15-21-44(40(50)46-22-9-23-47-24-26-53(51,52)27-25-47)20-14-30(3)42(6)19-17-37-41(4,5)34(33-13-12-31(39(48)49)28-36(33)45)16-18-43(37,7)38(42)11-8-10-35(32)44/h12-13,16,28,30,32,35,37-38H,1,8-11,14-15,17-27H2,2-7H3,(H,46,50)(H,48,49)/t30-,32+,35?,37?,38?,42+,43+,44-/m1/s1. The van der Waals surface area contributed by atoms with Crippen LogP contribution in [0.2, 0.25) is 0 Å². The minimum absolute atomic E-state index is 0.0269. The number of aromatic carboxylic acids is 1. The van der Waals surface area contributed by atoms with Gasteiger partial charge in [-0.05, 0) is 141 Å². The van der Waals surface area contributed by atoms with E-state index in [0.717, 1.165) is 88.8 Å². The number of sulfone groups is 1. The first-order valence-corrected chi connectivity index (χ1v) is 22.3. The molecule has 3 unspecified atom stereocenters. The van der Waals surface area contributed by atoms with Gasteiger partial charge in [-0.15, -0.1) is 0 Å². The molecule has 1 saturated heterocycles. The predicted octanol–water partition coefficient (Wildman–Crippen LogP) is 8.80. The van der Waals surface area contributed by atoms with Crippen LogP contribution in [0, 0.1) is 57.1 Å². The molecule has 9 heteroatoms. The highest BCUT2D eigenvalue weighted by Gasteiger charge is 2.61. The number of amides is 1. The molecule has 8 atom stereocenters. The molecule has 0 radical (unpaired) electrons. The van der Waals surface area contributed by atoms with Crippen LogP contribution in [0.4, 0.5) is 4.39 Å². The van der Waals surface area contributed by atoms with E-state index in [2.05, 4.69) is 64.4 Å². The number of nitrogens with one attached hydrogen (secondary N) is 1. The van der Waals surface area contributed by atoms with Gasteiger partial charge in [0.25, 0.3) is 0 Å². The minimum Gasteiger partial charge on any atom is -0.478 e. The first-order chi connectivity index (χ1) is 24.9. The molecule has 0 aromatic heterocycles. The molecule has 5 aliphatic rings. The molecule has 1 aliphatic heterocycles. The topological polar surface area (TPSA) is 104 Å². The fourth-order valence-corrected chi connectivity index (χ4v) is 14.0. The van der Waals surface area contributed by atoms with Crippen molar-refractivity contribution in [3.05, 3.63) is 53.4 Å². The Bertz CT molecular complexity index is 1720. The highest BCUT2D eigenvalue weighted by atomic mass is 32.2. The van der Waals surface area contributed by atoms with E-state index in [-0.39, 0.29) is 45.1 Å². The van der Waals surface area contributed by atoms with Crippen LogP contribution >= 0.6 is 0 Å². The summed E-state index contributed by atoms with van der Waals surface area (Å²) in [4.78, 5) is 28.2. The number of carbonyl (C=O) groups is 2. The van der Waals surface area contributed by atoms with Crippen LogP contribution in [0.5, 0.6) is 0 Å². The van der Waals surface area contributed by atoms with Crippen molar-refractivity contribution >= 4 is 27.3 Å². The maximum atomic E-state index is 15.5. The molecule has 1 amide bonds. The lowest BCUT2D eigenvalue weighted by molar-refractivity contribution is -0.139. The van der Waals surface area contributed by atoms with Crippen LogP contribution in [0.15, 0.2) is 36.4 Å². The summed E-state index contributed by atoms with van der Waals surface area (Å²) < 4.78 is 39.3. The number of hydrogen-bond acceptors (Lipinski definition) is 5. The summed E-state index contributed by atoms with van der Waals surface area (Å²) in [6.07, 6.45) is 13.1. The van der Waals surface area contributed by atoms with Gasteiger partial charge in [0.15, 0.2) is 9.84 Å². The molecule has 0 bridgehead atoms. The molecule has 7 nitrogen and oxygen atoms in total. The Morgan fingerprint density at radius 3 is 2.34 bits per heavy atom. The lowest BCUT2D eigenvalue weighted by atomic mass is 9.40. The Balaban J connectivity index is 1.22. The zero-order chi connectivity index (χ0) is 38.6. The number of halogens is 1. The summed E-state index contributed by atoms with van der Waals surface area (Å²) in [5.74, 6) is 0.968. The number of carboxylic acid groups (broad SMARTS) is 1. The predicted molar refractivity (Wildman–Crippen MR) is 211 cm³/mol. The minimum atomic E-state index is -2.91. The van der Waals surface area contributed by atoms with Gasteiger partial charge in [0.2, 0.25) is 5.91 Å². The van der Waals surface area contributed by atoms with Crippen molar-refractivity contribution in [3.63, 3.8) is 0 Å². The second-order valence-electron chi connectivity index (χ2n) is 18.9. The van der Waals surface area contributed by atoms with E-state index >= 15 is 4.39 Å². The van der Waals surface area contributed by atoms with Crippen molar-refractivity contribution < 1.29 is 27.5 Å². The lowest BCUT2D eigenvalue weighted by Gasteiger charge is -2.64. The molecule has 0 spiro atoms. The Morgan fingerprint density at radius 2 is 1.68 bits per heavy atom. The van der Waals surface area contributed by atoms with Crippen molar-refractivity contribution in [1.82, 2.24) is 10.2 Å². The summed E-state index contributed by atoms with van der Waals surface area (Å²) in [5, 5.41) is 12.8. The first-order valence-electron chi connectivity index (χ1n) is 20.5. The third-order valence-corrected chi connectivity index (χ3v) is 17.5. The first kappa shape index (κ1) is 40.2. The summed E-state index contributed by atoms with van der Waals surface area (Å²) in [7, 11) is -2.91. The quantitative estimate of drug-likeness (QED) is 0.203. The summed E-state index contributed by atoms with van der Waals surface area (Å²) in [6, 6.07) is 4.36. The Hall–Kier alpha value is -2.52. The van der Waals surface area contributed by atoms with Crippen LogP contribution in [-0.2, 0) is 14.6 Å². The molecule has 4 aliphatic carbocycles. The van der Waals surface area contributed by atoms with Crippen molar-refractivity contribution in [2.75, 3.05) is 37.7 Å². The number of allylic oxidation sites excluding steroid dienone is 3. The molecule has 1 aromatic rings. The molecule has 6 rings (SSSR count). The van der Waals surface area contributed by atoms with Crippen molar-refractivity contribution in [2.24, 2.45) is 51.2 Å². The highest BCUT2D eigenvalue weighted by Crippen LogP contribution is 2.69. The number of benzene rings is 1. The lowest BCUT2D eigenvalue weighted by Crippen LogP contribution is -2.56. The normalized spacial score (nSPS) is 37.0. The maximum absolute atomic E-state index is 15.5. The van der Waals surface area contributed by atoms with Gasteiger partial charge in [0, 0.05) is 25.2 Å². The smallest absolute Gasteiger partial charge is 0.335 e. The highest BCUT2D eigenvalue weighted by molar-refractivity contribution is 7.91. The molecule has 294 valence electrons. The van der Waals surface area contributed by atoms with E-state index < -0.39 is 27.0 Å². The molecule has 3 saturated carbocycles. The average molecular weight is 753 g/mol. The summed E-state index contributed by atoms with van der Waals surface area (Å²) in [6.45, 7) is 21.2.